The fraction of sp³-hybridized carbons (Fsp3) is 0.410. The lowest BCUT2D eigenvalue weighted by Crippen LogP contribution is -2.51. The summed E-state index contributed by atoms with van der Waals surface area (Å²) < 4.78 is 44.5. The number of rotatable bonds is 16. The van der Waals surface area contributed by atoms with Crippen molar-refractivity contribution in [3.63, 3.8) is 0 Å². The number of nitrogens with zero attached hydrogens (tertiary/aromatic N) is 9. The molecule has 2 amide bonds. The molecule has 0 unspecified atom stereocenters. The Balaban J connectivity index is 0.765. The molecule has 4 aromatic carbocycles. The molecule has 2 bridgehead atoms. The first-order valence-electron chi connectivity index (χ1n) is 28.6. The Bertz CT molecular complexity index is 3860. The Hall–Kier alpha value is -8.05. The van der Waals surface area contributed by atoms with Gasteiger partial charge >= 0.3 is 6.01 Å². The van der Waals surface area contributed by atoms with Gasteiger partial charge in [0.2, 0.25) is 11.8 Å². The Morgan fingerprint density at radius 1 is 1.01 bits per heavy atom. The van der Waals surface area contributed by atoms with Crippen LogP contribution in [0, 0.1) is 25.6 Å². The number of thiazole rings is 1. The van der Waals surface area contributed by atoms with Gasteiger partial charge in [0.1, 0.15) is 66.0 Å². The number of hydrogen-bond donors (Lipinski definition) is 5. The zero-order valence-electron chi connectivity index (χ0n) is 46.3. The molecule has 1 aliphatic carbocycles. The topological polar surface area (TPSA) is 240 Å². The zero-order valence-corrected chi connectivity index (χ0v) is 47.2. The number of carbonyl (C=O) groups is 2. The molecule has 0 radical (unpaired) electrons. The van der Waals surface area contributed by atoms with Crippen LogP contribution in [0.3, 0.4) is 0 Å². The van der Waals surface area contributed by atoms with Crippen LogP contribution in [-0.4, -0.2) is 137 Å². The minimum Gasteiger partial charge on any atom is -0.490 e. The van der Waals surface area contributed by atoms with E-state index in [1.54, 1.807) is 36.2 Å². The number of piperazine rings is 1. The normalized spacial score (nSPS) is 21.0. The van der Waals surface area contributed by atoms with Gasteiger partial charge in [-0.25, -0.2) is 14.1 Å². The minimum atomic E-state index is -0.985. The summed E-state index contributed by atoms with van der Waals surface area (Å²) in [5.74, 6) is 0.436. The van der Waals surface area contributed by atoms with E-state index in [0.717, 1.165) is 68.7 Å². The minimum absolute atomic E-state index is 0.0336. The van der Waals surface area contributed by atoms with Gasteiger partial charge in [-0.1, -0.05) is 67.6 Å². The molecule has 5 N–H and O–H groups in total. The average molecular weight is 1140 g/mol. The van der Waals surface area contributed by atoms with Crippen molar-refractivity contribution in [2.75, 3.05) is 44.4 Å². The molecule has 83 heavy (non-hydrogen) atoms. The highest BCUT2D eigenvalue weighted by atomic mass is 32.1. The van der Waals surface area contributed by atoms with Gasteiger partial charge in [0.05, 0.1) is 77.4 Å². The summed E-state index contributed by atoms with van der Waals surface area (Å²) in [7, 11) is 0. The van der Waals surface area contributed by atoms with Gasteiger partial charge < -0.3 is 49.6 Å². The number of β-amino-alcohol motifs (C(OH)–C–C–N with tert-alkyl or cyclic N) is 1. The number of aromatic nitrogens is 8. The third-order valence-corrected chi connectivity index (χ3v) is 18.2. The number of fused-ring (bicyclic) bond motifs is 6. The predicted molar refractivity (Wildman–Crippen MR) is 307 cm³/mol. The van der Waals surface area contributed by atoms with Crippen molar-refractivity contribution >= 4 is 50.8 Å². The van der Waals surface area contributed by atoms with Crippen LogP contribution in [0.15, 0.2) is 84.3 Å². The van der Waals surface area contributed by atoms with Crippen molar-refractivity contribution in [1.29, 1.82) is 0 Å². The van der Waals surface area contributed by atoms with Gasteiger partial charge in [0.25, 0.3) is 0 Å². The first-order chi connectivity index (χ1) is 40.4. The van der Waals surface area contributed by atoms with E-state index < -0.39 is 30.1 Å². The van der Waals surface area contributed by atoms with Crippen molar-refractivity contribution in [1.82, 2.24) is 55.7 Å². The van der Waals surface area contributed by atoms with Gasteiger partial charge in [-0.05, 0) is 72.9 Å². The van der Waals surface area contributed by atoms with E-state index >= 15 is 4.39 Å². The van der Waals surface area contributed by atoms with Crippen LogP contribution in [0.2, 0.25) is 0 Å². The van der Waals surface area contributed by atoms with Crippen molar-refractivity contribution in [3.05, 3.63) is 118 Å². The van der Waals surface area contributed by atoms with Crippen LogP contribution in [0.5, 0.6) is 17.5 Å². The number of carbonyl (C=O) groups excluding carboxylic acids is 2. The second-order valence-electron chi connectivity index (χ2n) is 23.0. The van der Waals surface area contributed by atoms with Gasteiger partial charge in [-0.15, -0.1) is 16.4 Å². The third kappa shape index (κ3) is 9.48. The number of anilines is 1. The molecule has 3 fully saturated rings. The standard InChI is InChI=1S/C61H63FN12O8S/c1-30(2)54(60(78)72-24-39(76)20-47(72)59(77)66-46(26-75)35-9-13-37(14-10-35)57-32(4)64-29-83-57)73-25-45(70-71-73)34-7-5-33(6-8-34)27-80-56-51(49-31(3)42(62)21-43-41(49)23-65-69-43)50(36-11-12-36)55-52-53(56)67-61(82-40-15-17-79-18-16-40)68-58(52)74-38-19-44(63-22-38)48(74)28-81-55/h5-10,13-14,19,21,23,25,29-30,36,38-40,46-48,54,63,75-76H,11-12,15-18,20,22,24,26-28H2,1-4H3,(H,65,69)(H,66,77)/t38-,39+,46-,47-,48+,54-/m0/s1. The molecule has 6 aliphatic rings. The second kappa shape index (κ2) is 21.3. The quantitative estimate of drug-likeness (QED) is 0.0621. The number of benzene rings is 4. The van der Waals surface area contributed by atoms with E-state index in [0.29, 0.717) is 89.0 Å². The molecule has 428 valence electrons. The van der Waals surface area contributed by atoms with Crippen molar-refractivity contribution in [3.8, 4) is 50.3 Å². The number of amides is 2. The van der Waals surface area contributed by atoms with E-state index in [1.807, 2.05) is 69.3 Å². The summed E-state index contributed by atoms with van der Waals surface area (Å²) in [6, 6.07) is 14.4. The first kappa shape index (κ1) is 53.0. The van der Waals surface area contributed by atoms with Crippen molar-refractivity contribution in [2.45, 2.75) is 115 Å². The monoisotopic (exact) mass is 1140 g/mol. The summed E-state index contributed by atoms with van der Waals surface area (Å²) in [5, 5.41) is 45.8. The number of aliphatic hydroxyl groups excluding tert-OH is 2. The van der Waals surface area contributed by atoms with Crippen LogP contribution >= 0.6 is 11.3 Å². The van der Waals surface area contributed by atoms with Gasteiger partial charge in [-0.3, -0.25) is 14.7 Å². The lowest BCUT2D eigenvalue weighted by atomic mass is 9.88. The van der Waals surface area contributed by atoms with E-state index in [1.165, 1.54) is 15.6 Å². The molecule has 2 saturated heterocycles. The highest BCUT2D eigenvalue weighted by Gasteiger charge is 2.47. The Kier molecular flexibility index (Phi) is 13.6. The number of ether oxygens (including phenoxy) is 4. The molecule has 8 aromatic rings. The summed E-state index contributed by atoms with van der Waals surface area (Å²) in [6.45, 7) is 9.48. The van der Waals surface area contributed by atoms with Gasteiger partial charge in [0, 0.05) is 65.7 Å². The Labute approximate surface area is 481 Å². The smallest absolute Gasteiger partial charge is 0.319 e. The number of H-pyrrole nitrogens is 1. The van der Waals surface area contributed by atoms with Crippen molar-refractivity contribution in [2.24, 2.45) is 5.92 Å². The lowest BCUT2D eigenvalue weighted by Gasteiger charge is -2.35. The number of halogens is 1. The maximum Gasteiger partial charge on any atom is 0.319 e. The maximum absolute atomic E-state index is 16.3. The Morgan fingerprint density at radius 2 is 1.81 bits per heavy atom. The molecule has 5 aliphatic heterocycles. The molecule has 0 spiro atoms. The summed E-state index contributed by atoms with van der Waals surface area (Å²) in [4.78, 5) is 48.3. The fourth-order valence-corrected chi connectivity index (χ4v) is 13.6. The summed E-state index contributed by atoms with van der Waals surface area (Å²) >= 11 is 1.54. The van der Waals surface area contributed by atoms with E-state index in [9.17, 15) is 19.8 Å². The number of nitrogens with one attached hydrogen (secondary N) is 3. The SMILES string of the molecule is Cc1ncsc1-c1ccc([C@H](CO)NC(=O)[C@@H]2C[C@@H](O)CN2C(=O)[C@H](C(C)C)n2cc(-c3ccc(COc4c(-c5c(C)c(F)cc6[nH]ncc56)c(C5CC5)c5c6c(nc(OC7CCOCC7)nc46)N4[C@H](CO5)C5=C[C@H]4CN5)cc3)nn2)cc1. The Morgan fingerprint density at radius 3 is 2.55 bits per heavy atom. The van der Waals surface area contributed by atoms with Crippen LogP contribution in [0.1, 0.15) is 91.9 Å². The van der Waals surface area contributed by atoms with Gasteiger partial charge in [-0.2, -0.15) is 15.1 Å². The van der Waals surface area contributed by atoms with Crippen molar-refractivity contribution < 1.29 is 43.1 Å². The molecule has 20 nitrogen and oxygen atoms in total. The maximum atomic E-state index is 16.3. The highest BCUT2D eigenvalue weighted by molar-refractivity contribution is 7.13. The molecule has 6 atom stereocenters. The lowest BCUT2D eigenvalue weighted by molar-refractivity contribution is -0.142. The van der Waals surface area contributed by atoms with Crippen LogP contribution in [0.25, 0.3) is 54.6 Å². The number of hydrogen-bond acceptors (Lipinski definition) is 17. The molecule has 9 heterocycles. The second-order valence-corrected chi connectivity index (χ2v) is 23.8. The number of aromatic amines is 1. The fourth-order valence-electron chi connectivity index (χ4n) is 12.8. The molecule has 4 aromatic heterocycles. The summed E-state index contributed by atoms with van der Waals surface area (Å²) in [6.07, 6.45) is 7.87. The first-order valence-corrected chi connectivity index (χ1v) is 29.5. The van der Waals surface area contributed by atoms with E-state index in [-0.39, 0.29) is 73.9 Å². The number of aliphatic hydroxyl groups is 2. The highest BCUT2D eigenvalue weighted by Crippen LogP contribution is 2.59. The van der Waals surface area contributed by atoms with Crippen LogP contribution in [-0.2, 0) is 20.9 Å². The van der Waals surface area contributed by atoms with Crippen LogP contribution in [0.4, 0.5) is 10.2 Å². The number of likely N-dealkylation sites (tertiary alicyclic amines) is 1. The molecular formula is C61H63FN12O8S. The largest absolute Gasteiger partial charge is 0.490 e. The zero-order chi connectivity index (χ0) is 56.8. The summed E-state index contributed by atoms with van der Waals surface area (Å²) in [5.41, 5.74) is 11.4. The molecule has 22 heteroatoms. The van der Waals surface area contributed by atoms with Crippen LogP contribution < -0.4 is 29.7 Å². The van der Waals surface area contributed by atoms with Gasteiger partial charge in [0.15, 0.2) is 5.75 Å². The molecular weight excluding hydrogens is 1080 g/mol. The number of aryl methyl sites for hydroxylation is 1. The van der Waals surface area contributed by atoms with E-state index in [4.69, 9.17) is 28.9 Å². The average Bonchev–Trinajstić information content (AvgIpc) is 1.92. The molecule has 1 saturated carbocycles. The predicted octanol–water partition coefficient (Wildman–Crippen LogP) is 7.77. The third-order valence-electron chi connectivity index (χ3n) is 17.2. The van der Waals surface area contributed by atoms with E-state index in [2.05, 4.69) is 47.1 Å². The molecule has 14 rings (SSSR count).